The molecule has 0 aliphatic carbocycles. The van der Waals surface area contributed by atoms with Crippen molar-refractivity contribution in [1.29, 1.82) is 0 Å². The van der Waals surface area contributed by atoms with Gasteiger partial charge in [-0.3, -0.25) is 15.1 Å². The van der Waals surface area contributed by atoms with Crippen molar-refractivity contribution < 1.29 is 4.79 Å². The van der Waals surface area contributed by atoms with E-state index in [-0.39, 0.29) is 24.5 Å². The van der Waals surface area contributed by atoms with Crippen LogP contribution in [-0.2, 0) is 4.79 Å². The minimum absolute atomic E-state index is 0.0165. The van der Waals surface area contributed by atoms with Crippen LogP contribution in [0.15, 0.2) is 24.4 Å². The summed E-state index contributed by atoms with van der Waals surface area (Å²) in [5, 5.41) is 5.79. The predicted octanol–water partition coefficient (Wildman–Crippen LogP) is 0.870. The van der Waals surface area contributed by atoms with Gasteiger partial charge < -0.3 is 5.32 Å². The van der Waals surface area contributed by atoms with Crippen molar-refractivity contribution in [1.82, 2.24) is 15.6 Å². The van der Waals surface area contributed by atoms with Crippen LogP contribution in [0.5, 0.6) is 0 Å². The highest BCUT2D eigenvalue weighted by Gasteiger charge is 2.15. The predicted molar refractivity (Wildman–Crippen MR) is 67.1 cm³/mol. The molecule has 1 aromatic heterocycles. The average molecular weight is 231 g/mol. The average Bonchev–Trinajstić information content (AvgIpc) is 2.36. The van der Waals surface area contributed by atoms with Crippen molar-refractivity contribution in [2.75, 3.05) is 6.54 Å². The number of hydrogen-bond acceptors (Lipinski definition) is 3. The molecule has 0 saturated heterocycles. The third-order valence-corrected chi connectivity index (χ3v) is 2.39. The van der Waals surface area contributed by atoms with Gasteiger partial charge in [0.15, 0.2) is 0 Å². The lowest BCUT2D eigenvalue weighted by molar-refractivity contribution is -0.122. The first kappa shape index (κ1) is 13.2. The molecule has 2 N–H and O–H groups in total. The topological polar surface area (TPSA) is 54.0 Å². The number of carbonyl (C=O) groups excluding carboxylic acids is 1. The van der Waals surface area contributed by atoms with Crippen LogP contribution in [0.25, 0.3) is 0 Å². The summed E-state index contributed by atoms with van der Waals surface area (Å²) in [6.07, 6.45) is 6.81. The number of nitrogens with zero attached hydrogens (tertiary/aromatic N) is 1. The Kier molecular flexibility index (Phi) is 5.18. The van der Waals surface area contributed by atoms with Gasteiger partial charge in [-0.1, -0.05) is 12.0 Å². The second-order valence-corrected chi connectivity index (χ2v) is 3.79. The molecule has 2 atom stereocenters. The molecule has 4 nitrogen and oxygen atoms in total. The van der Waals surface area contributed by atoms with Crippen molar-refractivity contribution >= 4 is 5.91 Å². The quantitative estimate of drug-likeness (QED) is 0.739. The molecule has 0 fully saturated rings. The van der Waals surface area contributed by atoms with Gasteiger partial charge in [-0.25, -0.2) is 0 Å². The van der Waals surface area contributed by atoms with Gasteiger partial charge in [0.1, 0.15) is 0 Å². The Morgan fingerprint density at radius 2 is 2.29 bits per heavy atom. The van der Waals surface area contributed by atoms with Crippen LogP contribution in [0.2, 0.25) is 0 Å². The summed E-state index contributed by atoms with van der Waals surface area (Å²) in [5.41, 5.74) is 0.907. The molecule has 0 aliphatic heterocycles. The van der Waals surface area contributed by atoms with E-state index < -0.39 is 0 Å². The standard InChI is InChI=1S/C13H17N3O/c1-4-8-15-13(17)11(3)16-10(2)12-7-5-6-9-14-12/h1,5-7,9-11,16H,8H2,2-3H3,(H,15,17)/t10-,11?/m0/s1. The van der Waals surface area contributed by atoms with Crippen LogP contribution in [0.4, 0.5) is 0 Å². The second-order valence-electron chi connectivity index (χ2n) is 3.79. The molecule has 0 saturated carbocycles. The van der Waals surface area contributed by atoms with Gasteiger partial charge in [0.05, 0.1) is 18.3 Å². The van der Waals surface area contributed by atoms with Crippen LogP contribution in [0.3, 0.4) is 0 Å². The number of aromatic nitrogens is 1. The van der Waals surface area contributed by atoms with Crippen molar-refractivity contribution in [3.05, 3.63) is 30.1 Å². The molecule has 1 aromatic rings. The molecular weight excluding hydrogens is 214 g/mol. The van der Waals surface area contributed by atoms with E-state index in [9.17, 15) is 4.79 Å². The Hall–Kier alpha value is -1.86. The number of pyridine rings is 1. The molecule has 4 heteroatoms. The maximum atomic E-state index is 11.6. The summed E-state index contributed by atoms with van der Waals surface area (Å²) in [6, 6.07) is 5.41. The number of nitrogens with one attached hydrogen (secondary N) is 2. The van der Waals surface area contributed by atoms with Crippen LogP contribution >= 0.6 is 0 Å². The van der Waals surface area contributed by atoms with E-state index in [4.69, 9.17) is 6.42 Å². The summed E-state index contributed by atoms with van der Waals surface area (Å²) >= 11 is 0. The van der Waals surface area contributed by atoms with E-state index in [0.29, 0.717) is 0 Å². The van der Waals surface area contributed by atoms with E-state index in [2.05, 4.69) is 21.5 Å². The Morgan fingerprint density at radius 1 is 1.53 bits per heavy atom. The van der Waals surface area contributed by atoms with Gasteiger partial charge in [-0.05, 0) is 26.0 Å². The van der Waals surface area contributed by atoms with Gasteiger partial charge in [0, 0.05) is 12.2 Å². The molecule has 1 unspecified atom stereocenters. The monoisotopic (exact) mass is 231 g/mol. The smallest absolute Gasteiger partial charge is 0.237 e. The highest BCUT2D eigenvalue weighted by atomic mass is 16.2. The normalized spacial score (nSPS) is 13.5. The Labute approximate surface area is 102 Å². The van der Waals surface area contributed by atoms with E-state index in [0.717, 1.165) is 5.69 Å². The lowest BCUT2D eigenvalue weighted by Gasteiger charge is -2.18. The maximum Gasteiger partial charge on any atom is 0.237 e. The van der Waals surface area contributed by atoms with E-state index in [1.54, 1.807) is 13.1 Å². The Morgan fingerprint density at radius 3 is 2.88 bits per heavy atom. The zero-order valence-corrected chi connectivity index (χ0v) is 10.1. The number of rotatable bonds is 5. The van der Waals surface area contributed by atoms with Gasteiger partial charge >= 0.3 is 0 Å². The SMILES string of the molecule is C#CCNC(=O)C(C)N[C@@H](C)c1ccccn1. The van der Waals surface area contributed by atoms with Crippen molar-refractivity contribution in [2.45, 2.75) is 25.9 Å². The van der Waals surface area contributed by atoms with E-state index in [1.165, 1.54) is 0 Å². The maximum absolute atomic E-state index is 11.6. The van der Waals surface area contributed by atoms with E-state index >= 15 is 0 Å². The Bertz CT molecular complexity index is 397. The number of terminal acetylenes is 1. The summed E-state index contributed by atoms with van der Waals surface area (Å²) in [5.74, 6) is 2.26. The molecule has 0 aromatic carbocycles. The van der Waals surface area contributed by atoms with Crippen LogP contribution in [0, 0.1) is 12.3 Å². The lowest BCUT2D eigenvalue weighted by Crippen LogP contribution is -2.43. The molecule has 90 valence electrons. The highest BCUT2D eigenvalue weighted by Crippen LogP contribution is 2.08. The first-order valence-corrected chi connectivity index (χ1v) is 5.53. The molecule has 17 heavy (non-hydrogen) atoms. The van der Waals surface area contributed by atoms with Gasteiger partial charge in [-0.2, -0.15) is 0 Å². The number of hydrogen-bond donors (Lipinski definition) is 2. The van der Waals surface area contributed by atoms with Gasteiger partial charge in [0.2, 0.25) is 5.91 Å². The summed E-state index contributed by atoms with van der Waals surface area (Å²) in [7, 11) is 0. The van der Waals surface area contributed by atoms with E-state index in [1.807, 2.05) is 25.1 Å². The fourth-order valence-corrected chi connectivity index (χ4v) is 1.46. The largest absolute Gasteiger partial charge is 0.344 e. The van der Waals surface area contributed by atoms with Crippen LogP contribution in [-0.4, -0.2) is 23.5 Å². The molecule has 0 spiro atoms. The van der Waals surface area contributed by atoms with Crippen LogP contribution in [0.1, 0.15) is 25.6 Å². The molecule has 0 radical (unpaired) electrons. The Balaban J connectivity index is 2.49. The molecular formula is C13H17N3O. The minimum Gasteiger partial charge on any atom is -0.344 e. The second kappa shape index (κ2) is 6.66. The minimum atomic E-state index is -0.305. The van der Waals surface area contributed by atoms with Gasteiger partial charge in [0.25, 0.3) is 0 Å². The first-order chi connectivity index (χ1) is 8.15. The molecule has 1 heterocycles. The fourth-order valence-electron chi connectivity index (χ4n) is 1.46. The number of amides is 1. The highest BCUT2D eigenvalue weighted by molar-refractivity contribution is 5.81. The zero-order valence-electron chi connectivity index (χ0n) is 10.1. The molecule has 1 amide bonds. The van der Waals surface area contributed by atoms with Crippen molar-refractivity contribution in [3.63, 3.8) is 0 Å². The molecule has 0 aliphatic rings. The summed E-state index contributed by atoms with van der Waals surface area (Å²) in [4.78, 5) is 15.8. The molecule has 0 bridgehead atoms. The van der Waals surface area contributed by atoms with Crippen molar-refractivity contribution in [3.8, 4) is 12.3 Å². The third-order valence-electron chi connectivity index (χ3n) is 2.39. The zero-order chi connectivity index (χ0) is 12.7. The number of carbonyl (C=O) groups is 1. The van der Waals surface area contributed by atoms with Crippen LogP contribution < -0.4 is 10.6 Å². The fraction of sp³-hybridized carbons (Fsp3) is 0.385. The van der Waals surface area contributed by atoms with Gasteiger partial charge in [-0.15, -0.1) is 6.42 Å². The lowest BCUT2D eigenvalue weighted by atomic mass is 10.2. The summed E-state index contributed by atoms with van der Waals surface area (Å²) in [6.45, 7) is 4.02. The molecule has 1 rings (SSSR count). The first-order valence-electron chi connectivity index (χ1n) is 5.53. The summed E-state index contributed by atoms with van der Waals surface area (Å²) < 4.78 is 0. The third kappa shape index (κ3) is 4.25. The van der Waals surface area contributed by atoms with Crippen molar-refractivity contribution in [2.24, 2.45) is 0 Å².